The van der Waals surface area contributed by atoms with E-state index in [0.29, 0.717) is 22.7 Å². The number of hydrogen-bond donors (Lipinski definition) is 0. The Morgan fingerprint density at radius 2 is 0.734 bits per heavy atom. The molecule has 13 rings (SSSR count). The van der Waals surface area contributed by atoms with Gasteiger partial charge in [0.1, 0.15) is 0 Å². The lowest BCUT2D eigenvalue weighted by molar-refractivity contribution is 1.22. The van der Waals surface area contributed by atoms with Crippen molar-refractivity contribution in [2.24, 2.45) is 0 Å². The monoisotopic (exact) mass is 832 g/mol. The first-order valence-corrected chi connectivity index (χ1v) is 21.6. The maximum Gasteiger partial charge on any atom is 0.0645 e. The van der Waals surface area contributed by atoms with E-state index in [1.165, 1.54) is 0 Å². The summed E-state index contributed by atoms with van der Waals surface area (Å²) in [6.45, 7) is 12.2. The molecule has 9 aromatic carbocycles. The van der Waals surface area contributed by atoms with Crippen LogP contribution in [0.5, 0.6) is 0 Å². The van der Waals surface area contributed by atoms with Crippen molar-refractivity contribution in [3.63, 3.8) is 0 Å². The van der Waals surface area contributed by atoms with Gasteiger partial charge in [-0.25, -0.2) is 0 Å². The molecule has 0 saturated heterocycles. The molecule has 64 heavy (non-hydrogen) atoms. The summed E-state index contributed by atoms with van der Waals surface area (Å²) in [4.78, 5) is 3.70. The van der Waals surface area contributed by atoms with Crippen LogP contribution in [0.2, 0.25) is 0 Å². The zero-order valence-corrected chi connectivity index (χ0v) is 36.2. The molecule has 4 aromatic heterocycles. The van der Waals surface area contributed by atoms with Crippen molar-refractivity contribution in [2.45, 2.75) is 41.5 Å². The summed E-state index contributed by atoms with van der Waals surface area (Å²) in [5.74, 6) is 0. The highest BCUT2D eigenvalue weighted by atomic mass is 15.2. The molecular formula is C60H46N4. The van der Waals surface area contributed by atoms with Gasteiger partial charge < -0.3 is 18.6 Å². The molecule has 306 valence electrons. The van der Waals surface area contributed by atoms with E-state index in [4.69, 9.17) is 8.22 Å². The number of nitrogens with zero attached hydrogens (tertiary/aromatic N) is 4. The Morgan fingerprint density at radius 1 is 0.359 bits per heavy atom. The molecule has 0 aliphatic heterocycles. The average Bonchev–Trinajstić information content (AvgIpc) is 4.14. The molecule has 13 aromatic rings. The van der Waals surface area contributed by atoms with Crippen molar-refractivity contribution in [1.82, 2.24) is 8.80 Å². The quantitative estimate of drug-likeness (QED) is 0.166. The van der Waals surface area contributed by atoms with Crippen LogP contribution in [0.25, 0.3) is 76.2 Å². The van der Waals surface area contributed by atoms with Crippen molar-refractivity contribution in [3.05, 3.63) is 203 Å². The minimum atomic E-state index is -0.452. The van der Waals surface area contributed by atoms with E-state index in [2.05, 4.69) is 71.2 Å². The van der Waals surface area contributed by atoms with Crippen LogP contribution in [0.15, 0.2) is 170 Å². The zero-order chi connectivity index (χ0) is 51.8. The molecule has 0 aliphatic rings. The van der Waals surface area contributed by atoms with Gasteiger partial charge in [-0.1, -0.05) is 84.8 Å². The highest BCUT2D eigenvalue weighted by molar-refractivity contribution is 6.32. The van der Waals surface area contributed by atoms with Gasteiger partial charge in [0.15, 0.2) is 0 Å². The number of rotatable bonds is 6. The number of hydrogen-bond acceptors (Lipinski definition) is 2. The zero-order valence-electron chi connectivity index (χ0n) is 46.2. The van der Waals surface area contributed by atoms with Crippen LogP contribution in [0, 0.1) is 41.5 Å². The molecule has 0 atom stereocenters. The molecule has 0 amide bonds. The summed E-state index contributed by atoms with van der Waals surface area (Å²) >= 11 is 0. The molecule has 4 heteroatoms. The molecule has 0 fully saturated rings. The first-order valence-electron chi connectivity index (χ1n) is 26.6. The Balaban J connectivity index is 1.14. The van der Waals surface area contributed by atoms with E-state index in [-0.39, 0.29) is 35.5 Å². The number of aromatic nitrogens is 2. The van der Waals surface area contributed by atoms with Gasteiger partial charge in [-0.3, -0.25) is 0 Å². The van der Waals surface area contributed by atoms with Crippen LogP contribution in [-0.2, 0) is 0 Å². The Labute approximate surface area is 386 Å². The Hall–Kier alpha value is -7.82. The summed E-state index contributed by atoms with van der Waals surface area (Å²) in [7, 11) is 0. The summed E-state index contributed by atoms with van der Waals surface area (Å²) in [6, 6.07) is 33.6. The fraction of sp³-hybridized carbons (Fsp3) is 0.100. The summed E-state index contributed by atoms with van der Waals surface area (Å²) in [5, 5.41) is 7.62. The summed E-state index contributed by atoms with van der Waals surface area (Å²) < 4.78 is 94.0. The molecule has 4 heterocycles. The van der Waals surface area contributed by atoms with Crippen molar-refractivity contribution >= 4 is 110 Å². The van der Waals surface area contributed by atoms with Crippen LogP contribution in [0.1, 0.15) is 47.1 Å². The topological polar surface area (TPSA) is 15.3 Å². The third-order valence-corrected chi connectivity index (χ3v) is 14.0. The fourth-order valence-electron chi connectivity index (χ4n) is 10.6. The number of aryl methyl sites for hydroxylation is 4. The van der Waals surface area contributed by atoms with Gasteiger partial charge in [-0.2, -0.15) is 0 Å². The third-order valence-electron chi connectivity index (χ3n) is 14.0. The number of benzene rings is 9. The molecule has 0 radical (unpaired) electrons. The van der Waals surface area contributed by atoms with Gasteiger partial charge in [0.05, 0.1) is 58.2 Å². The number of fused-ring (bicyclic) bond motifs is 12. The van der Waals surface area contributed by atoms with Crippen molar-refractivity contribution in [2.75, 3.05) is 9.80 Å². The van der Waals surface area contributed by atoms with Crippen LogP contribution in [-0.4, -0.2) is 8.80 Å². The van der Waals surface area contributed by atoms with Crippen LogP contribution in [0.4, 0.5) is 34.1 Å². The van der Waals surface area contributed by atoms with E-state index in [1.54, 1.807) is 0 Å². The van der Waals surface area contributed by atoms with Crippen molar-refractivity contribution < 1.29 is 13.7 Å². The maximum atomic E-state index is 9.30. The third kappa shape index (κ3) is 4.94. The molecule has 0 unspecified atom stereocenters. The van der Waals surface area contributed by atoms with E-state index in [0.717, 1.165) is 110 Å². The minimum Gasteiger partial charge on any atom is -0.310 e. The normalized spacial score (nSPS) is 14.4. The summed E-state index contributed by atoms with van der Waals surface area (Å²) in [6.07, 6.45) is 0. The van der Waals surface area contributed by atoms with Gasteiger partial charge in [-0.15, -0.1) is 0 Å². The molecular weight excluding hydrogens is 777 g/mol. The van der Waals surface area contributed by atoms with E-state index in [9.17, 15) is 5.48 Å². The number of anilines is 6. The van der Waals surface area contributed by atoms with Crippen LogP contribution in [0.3, 0.4) is 0 Å². The maximum absolute atomic E-state index is 9.30. The highest BCUT2D eigenvalue weighted by Crippen LogP contribution is 2.51. The molecule has 0 bridgehead atoms. The molecule has 0 aliphatic carbocycles. The first-order chi connectivity index (χ1) is 35.4. The van der Waals surface area contributed by atoms with E-state index < -0.39 is 36.3 Å². The minimum absolute atomic E-state index is 0.0672. The van der Waals surface area contributed by atoms with Gasteiger partial charge >= 0.3 is 0 Å². The predicted octanol–water partition coefficient (Wildman–Crippen LogP) is 16.8. The predicted molar refractivity (Wildman–Crippen MR) is 274 cm³/mol. The first kappa shape index (κ1) is 28.0. The van der Waals surface area contributed by atoms with Crippen LogP contribution < -0.4 is 9.80 Å². The molecule has 0 spiro atoms. The van der Waals surface area contributed by atoms with E-state index >= 15 is 0 Å². The number of para-hydroxylation sites is 4. The lowest BCUT2D eigenvalue weighted by Crippen LogP contribution is -2.11. The molecule has 4 nitrogen and oxygen atoms in total. The lowest BCUT2D eigenvalue weighted by Gasteiger charge is -2.27. The van der Waals surface area contributed by atoms with Crippen molar-refractivity contribution in [3.8, 4) is 0 Å². The standard InChI is InChI=1S/C60H46N4/c1-35-29-43(30-36(2)39(35)5)61(41-17-9-7-10-18-41)53-27-25-45-49-33-56-50(34-55(49)63-51-23-15-13-21-47(51)57(53)59(45)63)46-26-28-54(58-48-22-14-16-24-52(48)64(56)60(46)58)62(42-19-11-8-12-20-42)44-31-37(3)40(6)38(4)32-44/h7-34H,1-6H3/i7D,8D,9D,10D,11D,12D,17D,18D,19D,20D. The second-order valence-electron chi connectivity index (χ2n) is 17.3. The van der Waals surface area contributed by atoms with E-state index in [1.807, 2.05) is 98.2 Å². The highest BCUT2D eigenvalue weighted by Gasteiger charge is 2.28. The second kappa shape index (κ2) is 13.3. The van der Waals surface area contributed by atoms with Crippen molar-refractivity contribution in [1.29, 1.82) is 0 Å². The summed E-state index contributed by atoms with van der Waals surface area (Å²) in [5.41, 5.74) is 14.9. The van der Waals surface area contributed by atoms with Gasteiger partial charge in [0.25, 0.3) is 0 Å². The Bertz CT molecular complexity index is 4250. The average molecular weight is 833 g/mol. The largest absolute Gasteiger partial charge is 0.310 e. The van der Waals surface area contributed by atoms with Crippen LogP contribution >= 0.6 is 0 Å². The van der Waals surface area contributed by atoms with Gasteiger partial charge in [0.2, 0.25) is 0 Å². The van der Waals surface area contributed by atoms with Gasteiger partial charge in [0, 0.05) is 65.8 Å². The Kier molecular flexibility index (Phi) is 5.83. The molecule has 0 N–H and O–H groups in total. The second-order valence-corrected chi connectivity index (χ2v) is 17.3. The lowest BCUT2D eigenvalue weighted by atomic mass is 10.00. The smallest absolute Gasteiger partial charge is 0.0645 e. The molecule has 0 saturated carbocycles. The van der Waals surface area contributed by atoms with Gasteiger partial charge in [-0.05, 0) is 160 Å². The fourth-order valence-corrected chi connectivity index (χ4v) is 10.6. The Morgan fingerprint density at radius 3 is 1.12 bits per heavy atom. The SMILES string of the molecule is [2H]c1c([2H])c([2H])c(N(c2cc(C)c(C)c(C)c2)c2ccc3c4cc5c(cc4n4c6ccccc6c2c34)c2ccc(N(c3cc(C)c(C)c(C)c3)c3c([2H])c([2H])c([2H])c([2H])c3[2H])c3c4ccccc4n5c23)c([2H])c1[2H].